The van der Waals surface area contributed by atoms with Crippen LogP contribution in [0.1, 0.15) is 45.4 Å². The molecular weight excluding hydrogens is 238 g/mol. The van der Waals surface area contributed by atoms with Gasteiger partial charge in [0.15, 0.2) is 0 Å². The van der Waals surface area contributed by atoms with E-state index in [1.54, 1.807) is 0 Å². The normalized spacial score (nSPS) is 34.2. The van der Waals surface area contributed by atoms with E-state index in [9.17, 15) is 4.79 Å². The van der Waals surface area contributed by atoms with E-state index in [1.807, 2.05) is 0 Å². The van der Waals surface area contributed by atoms with Gasteiger partial charge in [0.05, 0.1) is 6.04 Å². The number of rotatable bonds is 3. The van der Waals surface area contributed by atoms with Gasteiger partial charge < -0.3 is 10.6 Å². The maximum atomic E-state index is 12.3. The van der Waals surface area contributed by atoms with Crippen molar-refractivity contribution >= 4 is 5.91 Å². The standard InChI is InChI=1S/C15H27N3O/c1-11(15(19)17-13-6-2-3-7-13)18-9-12-5-4-8-16-14(12)10-18/h11-14,16H,2-10H2,1H3,(H,17,19). The fourth-order valence-electron chi connectivity index (χ4n) is 3.95. The van der Waals surface area contributed by atoms with Crippen molar-refractivity contribution in [3.8, 4) is 0 Å². The first-order valence-corrected chi connectivity index (χ1v) is 8.02. The van der Waals surface area contributed by atoms with Gasteiger partial charge in [0.2, 0.25) is 5.91 Å². The number of amides is 1. The third kappa shape index (κ3) is 2.95. The molecule has 3 rings (SSSR count). The summed E-state index contributed by atoms with van der Waals surface area (Å²) in [6, 6.07) is 1.10. The topological polar surface area (TPSA) is 44.4 Å². The molecule has 0 radical (unpaired) electrons. The van der Waals surface area contributed by atoms with Gasteiger partial charge in [-0.1, -0.05) is 12.8 Å². The fraction of sp³-hybridized carbons (Fsp3) is 0.933. The van der Waals surface area contributed by atoms with Crippen molar-refractivity contribution in [2.24, 2.45) is 5.92 Å². The summed E-state index contributed by atoms with van der Waals surface area (Å²) in [5.74, 6) is 1.00. The van der Waals surface area contributed by atoms with Gasteiger partial charge in [0, 0.05) is 25.2 Å². The van der Waals surface area contributed by atoms with E-state index in [4.69, 9.17) is 0 Å². The van der Waals surface area contributed by atoms with Gasteiger partial charge in [-0.05, 0) is 45.1 Å². The van der Waals surface area contributed by atoms with Crippen LogP contribution >= 0.6 is 0 Å². The number of piperidine rings is 1. The van der Waals surface area contributed by atoms with Crippen molar-refractivity contribution in [2.45, 2.75) is 63.6 Å². The number of carbonyl (C=O) groups excluding carboxylic acids is 1. The molecule has 2 saturated heterocycles. The van der Waals surface area contributed by atoms with Crippen molar-refractivity contribution in [2.75, 3.05) is 19.6 Å². The van der Waals surface area contributed by atoms with Gasteiger partial charge in [-0.15, -0.1) is 0 Å². The highest BCUT2D eigenvalue weighted by molar-refractivity contribution is 5.81. The Kier molecular flexibility index (Phi) is 4.08. The highest BCUT2D eigenvalue weighted by Crippen LogP contribution is 2.26. The molecule has 0 aromatic rings. The number of likely N-dealkylation sites (tertiary alicyclic amines) is 1. The molecule has 0 aromatic carbocycles. The van der Waals surface area contributed by atoms with Gasteiger partial charge in [-0.2, -0.15) is 0 Å². The monoisotopic (exact) mass is 265 g/mol. The Bertz CT molecular complexity index is 313. The Labute approximate surface area is 116 Å². The molecule has 4 nitrogen and oxygen atoms in total. The minimum atomic E-state index is 0.0352. The van der Waals surface area contributed by atoms with Crippen LogP contribution in [-0.2, 0) is 4.79 Å². The van der Waals surface area contributed by atoms with Crippen LogP contribution < -0.4 is 10.6 Å². The summed E-state index contributed by atoms with van der Waals surface area (Å²) in [6.45, 7) is 5.36. The van der Waals surface area contributed by atoms with Crippen molar-refractivity contribution < 1.29 is 4.79 Å². The highest BCUT2D eigenvalue weighted by Gasteiger charge is 2.38. The summed E-state index contributed by atoms with van der Waals surface area (Å²) in [5.41, 5.74) is 0. The Morgan fingerprint density at radius 1 is 1.21 bits per heavy atom. The predicted octanol–water partition coefficient (Wildman–Crippen LogP) is 1.12. The molecule has 2 aliphatic heterocycles. The van der Waals surface area contributed by atoms with Crippen molar-refractivity contribution in [1.29, 1.82) is 0 Å². The summed E-state index contributed by atoms with van der Waals surface area (Å²) in [7, 11) is 0. The minimum Gasteiger partial charge on any atom is -0.352 e. The summed E-state index contributed by atoms with van der Waals surface area (Å²) < 4.78 is 0. The highest BCUT2D eigenvalue weighted by atomic mass is 16.2. The van der Waals surface area contributed by atoms with Gasteiger partial charge in [-0.3, -0.25) is 9.69 Å². The second kappa shape index (κ2) is 5.80. The van der Waals surface area contributed by atoms with Crippen LogP contribution in [0.2, 0.25) is 0 Å². The predicted molar refractivity (Wildman–Crippen MR) is 75.9 cm³/mol. The number of nitrogens with one attached hydrogen (secondary N) is 2. The maximum absolute atomic E-state index is 12.3. The molecule has 1 aliphatic carbocycles. The number of carbonyl (C=O) groups is 1. The first-order valence-electron chi connectivity index (χ1n) is 8.02. The Morgan fingerprint density at radius 3 is 2.74 bits per heavy atom. The van der Waals surface area contributed by atoms with Gasteiger partial charge in [0.25, 0.3) is 0 Å². The molecule has 0 spiro atoms. The first-order chi connectivity index (χ1) is 9.24. The Hall–Kier alpha value is -0.610. The molecular formula is C15H27N3O. The van der Waals surface area contributed by atoms with Crippen LogP contribution in [-0.4, -0.2) is 48.6 Å². The minimum absolute atomic E-state index is 0.0352. The van der Waals surface area contributed by atoms with E-state index in [0.29, 0.717) is 12.1 Å². The van der Waals surface area contributed by atoms with E-state index in [1.165, 1.54) is 38.5 Å². The summed E-state index contributed by atoms with van der Waals surface area (Å²) in [5, 5.41) is 6.84. The molecule has 1 saturated carbocycles. The van der Waals surface area contributed by atoms with Gasteiger partial charge in [0.1, 0.15) is 0 Å². The fourth-order valence-corrected chi connectivity index (χ4v) is 3.95. The average Bonchev–Trinajstić information content (AvgIpc) is 3.05. The molecule has 4 heteroatoms. The summed E-state index contributed by atoms with van der Waals surface area (Å²) >= 11 is 0. The first kappa shape index (κ1) is 13.4. The zero-order valence-electron chi connectivity index (χ0n) is 12.0. The van der Waals surface area contributed by atoms with Crippen LogP contribution in [0.3, 0.4) is 0 Å². The molecule has 3 fully saturated rings. The van der Waals surface area contributed by atoms with Crippen LogP contribution in [0.4, 0.5) is 0 Å². The van der Waals surface area contributed by atoms with Crippen LogP contribution in [0.25, 0.3) is 0 Å². The molecule has 0 aromatic heterocycles. The van der Waals surface area contributed by atoms with Crippen LogP contribution in [0, 0.1) is 5.92 Å². The lowest BCUT2D eigenvalue weighted by molar-refractivity contribution is -0.126. The van der Waals surface area contributed by atoms with Crippen molar-refractivity contribution in [3.63, 3.8) is 0 Å². The van der Waals surface area contributed by atoms with Crippen molar-refractivity contribution in [3.05, 3.63) is 0 Å². The second-order valence-corrected chi connectivity index (χ2v) is 6.58. The Morgan fingerprint density at radius 2 is 2.00 bits per heavy atom. The SMILES string of the molecule is CC(C(=O)NC1CCCC1)N1CC2CCCNC2C1. The van der Waals surface area contributed by atoms with E-state index in [0.717, 1.165) is 25.6 Å². The average molecular weight is 265 g/mol. The van der Waals surface area contributed by atoms with Crippen molar-refractivity contribution in [1.82, 2.24) is 15.5 Å². The number of hydrogen-bond donors (Lipinski definition) is 2. The molecule has 0 bridgehead atoms. The number of fused-ring (bicyclic) bond motifs is 1. The zero-order valence-corrected chi connectivity index (χ0v) is 12.0. The second-order valence-electron chi connectivity index (χ2n) is 6.58. The summed E-state index contributed by atoms with van der Waals surface area (Å²) in [4.78, 5) is 14.7. The lowest BCUT2D eigenvalue weighted by Crippen LogP contribution is -2.47. The van der Waals surface area contributed by atoms with Crippen LogP contribution in [0.5, 0.6) is 0 Å². The number of nitrogens with zero attached hydrogens (tertiary/aromatic N) is 1. The largest absolute Gasteiger partial charge is 0.352 e. The van der Waals surface area contributed by atoms with E-state index < -0.39 is 0 Å². The quantitative estimate of drug-likeness (QED) is 0.804. The molecule has 19 heavy (non-hydrogen) atoms. The molecule has 2 heterocycles. The van der Waals surface area contributed by atoms with E-state index in [-0.39, 0.29) is 11.9 Å². The molecule has 1 amide bonds. The summed E-state index contributed by atoms with van der Waals surface area (Å²) in [6.07, 6.45) is 7.51. The third-order valence-corrected chi connectivity index (χ3v) is 5.26. The maximum Gasteiger partial charge on any atom is 0.237 e. The lowest BCUT2D eigenvalue weighted by atomic mass is 9.94. The van der Waals surface area contributed by atoms with Gasteiger partial charge in [-0.25, -0.2) is 0 Å². The molecule has 3 aliphatic rings. The zero-order chi connectivity index (χ0) is 13.2. The third-order valence-electron chi connectivity index (χ3n) is 5.26. The Balaban J connectivity index is 1.52. The molecule has 3 atom stereocenters. The van der Waals surface area contributed by atoms with Gasteiger partial charge >= 0.3 is 0 Å². The van der Waals surface area contributed by atoms with Crippen LogP contribution in [0.15, 0.2) is 0 Å². The molecule has 2 N–H and O–H groups in total. The smallest absolute Gasteiger partial charge is 0.237 e. The molecule has 3 unspecified atom stereocenters. The van der Waals surface area contributed by atoms with E-state index >= 15 is 0 Å². The number of hydrogen-bond acceptors (Lipinski definition) is 3. The van der Waals surface area contributed by atoms with E-state index in [2.05, 4.69) is 22.5 Å². The lowest BCUT2D eigenvalue weighted by Gasteiger charge is -2.25. The molecule has 108 valence electrons.